The molecule has 0 aromatic carbocycles. The van der Waals surface area contributed by atoms with E-state index in [0.717, 1.165) is 17.8 Å². The van der Waals surface area contributed by atoms with Gasteiger partial charge in [-0.1, -0.05) is 48.5 Å². The highest BCUT2D eigenvalue weighted by Crippen LogP contribution is 2.74. The second-order valence-corrected chi connectivity index (χ2v) is 6.17. The van der Waals surface area contributed by atoms with Crippen molar-refractivity contribution in [2.75, 3.05) is 0 Å². The Morgan fingerprint density at radius 2 is 1.54 bits per heavy atom. The lowest BCUT2D eigenvalue weighted by Crippen LogP contribution is -2.15. The van der Waals surface area contributed by atoms with Crippen molar-refractivity contribution >= 4 is 0 Å². The van der Waals surface area contributed by atoms with E-state index in [0.29, 0.717) is 10.8 Å². The molecule has 13 heavy (non-hydrogen) atoms. The second kappa shape index (κ2) is 3.00. The van der Waals surface area contributed by atoms with E-state index in [1.54, 1.807) is 0 Å². The van der Waals surface area contributed by atoms with E-state index in [1.807, 2.05) is 0 Å². The van der Waals surface area contributed by atoms with Crippen molar-refractivity contribution in [3.8, 4) is 0 Å². The fourth-order valence-electron chi connectivity index (χ4n) is 3.59. The van der Waals surface area contributed by atoms with Crippen LogP contribution < -0.4 is 0 Å². The predicted molar refractivity (Wildman–Crippen MR) is 59.7 cm³/mol. The summed E-state index contributed by atoms with van der Waals surface area (Å²) in [4.78, 5) is 0. The second-order valence-electron chi connectivity index (χ2n) is 6.17. The molecule has 1 fully saturated rings. The van der Waals surface area contributed by atoms with Crippen LogP contribution in [0.1, 0.15) is 54.9 Å². The highest BCUT2D eigenvalue weighted by atomic mass is 14.7. The first-order valence-corrected chi connectivity index (χ1v) is 5.76. The smallest absolute Gasteiger partial charge is 0.0215 e. The molecule has 0 nitrogen and oxygen atoms in total. The monoisotopic (exact) mass is 182 g/mol. The predicted octanol–water partition coefficient (Wildman–Crippen LogP) is 4.35. The van der Waals surface area contributed by atoms with Crippen LogP contribution in [0.15, 0.2) is 0 Å². The standard InChI is InChI=1S/C13H26/c1-9(2)8-12(6)11(5)13(12,7)10(3)4/h9-11H,8H2,1-7H3. The zero-order valence-electron chi connectivity index (χ0n) is 10.4. The fraction of sp³-hybridized carbons (Fsp3) is 1.00. The Balaban J connectivity index is 2.74. The quantitative estimate of drug-likeness (QED) is 0.608. The molecule has 3 atom stereocenters. The van der Waals surface area contributed by atoms with E-state index < -0.39 is 0 Å². The molecule has 1 saturated carbocycles. The molecule has 0 aromatic heterocycles. The highest BCUT2D eigenvalue weighted by Gasteiger charge is 2.68. The molecule has 1 aliphatic carbocycles. The number of hydrogen-bond donors (Lipinski definition) is 0. The van der Waals surface area contributed by atoms with E-state index in [4.69, 9.17) is 0 Å². The third-order valence-corrected chi connectivity index (χ3v) is 5.03. The lowest BCUT2D eigenvalue weighted by atomic mass is 9.82. The van der Waals surface area contributed by atoms with E-state index in [-0.39, 0.29) is 0 Å². The van der Waals surface area contributed by atoms with Gasteiger partial charge in [-0.15, -0.1) is 0 Å². The summed E-state index contributed by atoms with van der Waals surface area (Å²) in [5.74, 6) is 2.57. The van der Waals surface area contributed by atoms with Crippen molar-refractivity contribution in [3.63, 3.8) is 0 Å². The summed E-state index contributed by atoms with van der Waals surface area (Å²) in [5, 5.41) is 0. The summed E-state index contributed by atoms with van der Waals surface area (Å²) >= 11 is 0. The first kappa shape index (κ1) is 11.1. The van der Waals surface area contributed by atoms with Crippen molar-refractivity contribution in [1.29, 1.82) is 0 Å². The largest absolute Gasteiger partial charge is 0.0628 e. The maximum absolute atomic E-state index is 2.48. The van der Waals surface area contributed by atoms with Gasteiger partial charge in [-0.25, -0.2) is 0 Å². The van der Waals surface area contributed by atoms with Crippen LogP contribution in [0, 0.1) is 28.6 Å². The van der Waals surface area contributed by atoms with Crippen molar-refractivity contribution in [2.45, 2.75) is 54.9 Å². The van der Waals surface area contributed by atoms with Crippen molar-refractivity contribution in [2.24, 2.45) is 28.6 Å². The molecule has 78 valence electrons. The van der Waals surface area contributed by atoms with Crippen LogP contribution in [0.25, 0.3) is 0 Å². The lowest BCUT2D eigenvalue weighted by molar-refractivity contribution is 0.258. The first-order chi connectivity index (χ1) is 5.76. The van der Waals surface area contributed by atoms with Gasteiger partial charge in [0, 0.05) is 0 Å². The summed E-state index contributed by atoms with van der Waals surface area (Å²) in [7, 11) is 0. The molecule has 0 aromatic rings. The molecular formula is C13H26. The lowest BCUT2D eigenvalue weighted by Gasteiger charge is -2.23. The minimum absolute atomic E-state index is 0.595. The van der Waals surface area contributed by atoms with Gasteiger partial charge in [0.25, 0.3) is 0 Å². The van der Waals surface area contributed by atoms with Crippen LogP contribution in [0.2, 0.25) is 0 Å². The van der Waals surface area contributed by atoms with E-state index in [9.17, 15) is 0 Å². The molecule has 0 saturated heterocycles. The molecule has 0 heterocycles. The van der Waals surface area contributed by atoms with Crippen molar-refractivity contribution in [1.82, 2.24) is 0 Å². The maximum atomic E-state index is 2.48. The Morgan fingerprint density at radius 3 is 1.77 bits per heavy atom. The number of rotatable bonds is 3. The molecule has 3 unspecified atom stereocenters. The Bertz CT molecular complexity index is 192. The summed E-state index contributed by atoms with van der Waals surface area (Å²) in [5.41, 5.74) is 1.20. The fourth-order valence-corrected chi connectivity index (χ4v) is 3.59. The molecular weight excluding hydrogens is 156 g/mol. The van der Waals surface area contributed by atoms with Gasteiger partial charge < -0.3 is 0 Å². The van der Waals surface area contributed by atoms with Crippen LogP contribution in [0.4, 0.5) is 0 Å². The zero-order valence-corrected chi connectivity index (χ0v) is 10.4. The average Bonchev–Trinajstić information content (AvgIpc) is 2.36. The molecule has 0 N–H and O–H groups in total. The highest BCUT2D eigenvalue weighted by molar-refractivity contribution is 5.16. The molecule has 0 heteroatoms. The first-order valence-electron chi connectivity index (χ1n) is 5.76. The van der Waals surface area contributed by atoms with Gasteiger partial charge >= 0.3 is 0 Å². The maximum Gasteiger partial charge on any atom is -0.0215 e. The molecule has 0 spiro atoms. The van der Waals surface area contributed by atoms with Gasteiger partial charge in [0.15, 0.2) is 0 Å². The number of hydrogen-bond acceptors (Lipinski definition) is 0. The van der Waals surface area contributed by atoms with E-state index in [2.05, 4.69) is 48.5 Å². The van der Waals surface area contributed by atoms with Crippen LogP contribution in [-0.2, 0) is 0 Å². The van der Waals surface area contributed by atoms with Gasteiger partial charge in [0.1, 0.15) is 0 Å². The van der Waals surface area contributed by atoms with Crippen LogP contribution in [0.3, 0.4) is 0 Å². The average molecular weight is 182 g/mol. The Hall–Kier alpha value is 0. The molecule has 0 amide bonds. The molecule has 0 bridgehead atoms. The Labute approximate surface area is 84.1 Å². The van der Waals surface area contributed by atoms with Gasteiger partial charge in [-0.2, -0.15) is 0 Å². The zero-order chi connectivity index (χ0) is 10.4. The SMILES string of the molecule is CC(C)CC1(C)C(C)C1(C)C(C)C. The summed E-state index contributed by atoms with van der Waals surface area (Å²) in [6.45, 7) is 16.8. The third-order valence-electron chi connectivity index (χ3n) is 5.03. The van der Waals surface area contributed by atoms with Gasteiger partial charge in [-0.05, 0) is 35.0 Å². The van der Waals surface area contributed by atoms with Crippen LogP contribution in [0.5, 0.6) is 0 Å². The third kappa shape index (κ3) is 1.33. The molecule has 0 radical (unpaired) electrons. The summed E-state index contributed by atoms with van der Waals surface area (Å²) in [6.07, 6.45) is 1.39. The minimum Gasteiger partial charge on any atom is -0.0628 e. The van der Waals surface area contributed by atoms with E-state index in [1.165, 1.54) is 6.42 Å². The minimum atomic E-state index is 0.595. The summed E-state index contributed by atoms with van der Waals surface area (Å²) in [6, 6.07) is 0. The van der Waals surface area contributed by atoms with Crippen molar-refractivity contribution < 1.29 is 0 Å². The Morgan fingerprint density at radius 1 is 1.08 bits per heavy atom. The van der Waals surface area contributed by atoms with Gasteiger partial charge in [-0.3, -0.25) is 0 Å². The Kier molecular flexibility index (Phi) is 2.56. The normalized spacial score (nSPS) is 44.5. The topological polar surface area (TPSA) is 0 Å². The molecule has 1 rings (SSSR count). The van der Waals surface area contributed by atoms with Gasteiger partial charge in [0.2, 0.25) is 0 Å². The van der Waals surface area contributed by atoms with Crippen LogP contribution in [-0.4, -0.2) is 0 Å². The van der Waals surface area contributed by atoms with Crippen molar-refractivity contribution in [3.05, 3.63) is 0 Å². The van der Waals surface area contributed by atoms with Gasteiger partial charge in [0.05, 0.1) is 0 Å². The summed E-state index contributed by atoms with van der Waals surface area (Å²) < 4.78 is 0. The van der Waals surface area contributed by atoms with E-state index >= 15 is 0 Å². The molecule has 0 aliphatic heterocycles. The molecule has 1 aliphatic rings. The van der Waals surface area contributed by atoms with Crippen LogP contribution >= 0.6 is 0 Å².